The lowest BCUT2D eigenvalue weighted by atomic mass is 10.1. The minimum atomic E-state index is -0.0738. The van der Waals surface area contributed by atoms with Gasteiger partial charge in [0.05, 0.1) is 19.8 Å². The van der Waals surface area contributed by atoms with Crippen LogP contribution < -0.4 is 16.0 Å². The van der Waals surface area contributed by atoms with Gasteiger partial charge in [0.1, 0.15) is 0 Å². The Morgan fingerprint density at radius 1 is 1.19 bits per heavy atom. The highest BCUT2D eigenvalue weighted by atomic mass is 127. The summed E-state index contributed by atoms with van der Waals surface area (Å²) < 4.78 is 5.37. The minimum absolute atomic E-state index is 0. The molecule has 0 saturated carbocycles. The number of nitrogens with one attached hydrogen (secondary N) is 3. The summed E-state index contributed by atoms with van der Waals surface area (Å²) in [5.41, 5.74) is 1.73. The molecule has 1 aromatic rings. The maximum atomic E-state index is 11.6. The second-order valence-electron chi connectivity index (χ2n) is 6.21. The van der Waals surface area contributed by atoms with Crippen molar-refractivity contribution in [1.82, 2.24) is 20.9 Å². The zero-order valence-corrected chi connectivity index (χ0v) is 18.6. The van der Waals surface area contributed by atoms with Crippen molar-refractivity contribution < 1.29 is 9.53 Å². The number of carbonyl (C=O) groups is 1. The van der Waals surface area contributed by atoms with Gasteiger partial charge in [-0.25, -0.2) is 4.99 Å². The van der Waals surface area contributed by atoms with E-state index in [9.17, 15) is 4.79 Å². The number of hydrogen-bond acceptors (Lipinski definition) is 4. The Labute approximate surface area is 179 Å². The summed E-state index contributed by atoms with van der Waals surface area (Å²) in [5.74, 6) is 0.750. The largest absolute Gasteiger partial charge is 0.379 e. The third kappa shape index (κ3) is 8.89. The molecule has 0 aliphatic carbocycles. The van der Waals surface area contributed by atoms with Crippen molar-refractivity contribution in [3.8, 4) is 0 Å². The van der Waals surface area contributed by atoms with Gasteiger partial charge in [0.25, 0.3) is 5.91 Å². The number of aliphatic imine (C=N–C) groups is 1. The molecule has 1 heterocycles. The van der Waals surface area contributed by atoms with Gasteiger partial charge in [-0.2, -0.15) is 0 Å². The first kappa shape index (κ1) is 23.6. The van der Waals surface area contributed by atoms with Crippen LogP contribution in [0.2, 0.25) is 0 Å². The average Bonchev–Trinajstić information content (AvgIpc) is 2.70. The molecule has 1 amide bonds. The van der Waals surface area contributed by atoms with E-state index in [4.69, 9.17) is 4.74 Å². The van der Waals surface area contributed by atoms with Crippen molar-refractivity contribution in [3.63, 3.8) is 0 Å². The van der Waals surface area contributed by atoms with E-state index < -0.39 is 0 Å². The average molecular weight is 489 g/mol. The van der Waals surface area contributed by atoms with Crippen LogP contribution in [0.15, 0.2) is 29.3 Å². The molecule has 0 unspecified atom stereocenters. The van der Waals surface area contributed by atoms with Gasteiger partial charge >= 0.3 is 0 Å². The Hall–Kier alpha value is -1.39. The first-order valence-corrected chi connectivity index (χ1v) is 9.36. The van der Waals surface area contributed by atoms with Gasteiger partial charge in [0.15, 0.2) is 5.96 Å². The molecule has 152 valence electrons. The molecule has 0 atom stereocenters. The molecule has 2 rings (SSSR count). The molecule has 0 aromatic heterocycles. The number of carbonyl (C=O) groups excluding carboxylic acids is 1. The molecule has 27 heavy (non-hydrogen) atoms. The first-order valence-electron chi connectivity index (χ1n) is 9.36. The number of ether oxygens (including phenoxy) is 1. The highest BCUT2D eigenvalue weighted by molar-refractivity contribution is 14.0. The van der Waals surface area contributed by atoms with Gasteiger partial charge in [-0.3, -0.25) is 9.69 Å². The third-order valence-electron chi connectivity index (χ3n) is 4.25. The fourth-order valence-electron chi connectivity index (χ4n) is 2.75. The molecule has 1 saturated heterocycles. The predicted octanol–water partition coefficient (Wildman–Crippen LogP) is 1.44. The van der Waals surface area contributed by atoms with Crippen molar-refractivity contribution in [2.75, 3.05) is 53.0 Å². The van der Waals surface area contributed by atoms with Gasteiger partial charge < -0.3 is 20.7 Å². The number of guanidine groups is 1. The number of hydrogen-bond donors (Lipinski definition) is 3. The van der Waals surface area contributed by atoms with E-state index in [0.717, 1.165) is 63.9 Å². The van der Waals surface area contributed by atoms with Crippen LogP contribution in [0.4, 0.5) is 0 Å². The molecule has 3 N–H and O–H groups in total. The molecule has 8 heteroatoms. The lowest BCUT2D eigenvalue weighted by Gasteiger charge is -2.26. The van der Waals surface area contributed by atoms with E-state index >= 15 is 0 Å². The number of amides is 1. The van der Waals surface area contributed by atoms with Crippen LogP contribution in [0.1, 0.15) is 29.3 Å². The highest BCUT2D eigenvalue weighted by Gasteiger charge is 2.09. The summed E-state index contributed by atoms with van der Waals surface area (Å²) in [5, 5.41) is 9.28. The fraction of sp³-hybridized carbons (Fsp3) is 0.579. The molecule has 1 aliphatic heterocycles. The summed E-state index contributed by atoms with van der Waals surface area (Å²) in [4.78, 5) is 18.6. The number of nitrogens with zero attached hydrogens (tertiary/aromatic N) is 2. The summed E-state index contributed by atoms with van der Waals surface area (Å²) in [6.45, 7) is 9.17. The lowest BCUT2D eigenvalue weighted by molar-refractivity contribution is 0.0376. The summed E-state index contributed by atoms with van der Waals surface area (Å²) >= 11 is 0. The summed E-state index contributed by atoms with van der Waals surface area (Å²) in [6, 6.07) is 7.53. The molecule has 7 nitrogen and oxygen atoms in total. The predicted molar refractivity (Wildman–Crippen MR) is 120 cm³/mol. The van der Waals surface area contributed by atoms with Gasteiger partial charge in [-0.05, 0) is 37.6 Å². The smallest absolute Gasteiger partial charge is 0.251 e. The molecule has 0 radical (unpaired) electrons. The van der Waals surface area contributed by atoms with E-state index in [1.807, 2.05) is 24.3 Å². The minimum Gasteiger partial charge on any atom is -0.379 e. The van der Waals surface area contributed by atoms with Crippen LogP contribution in [0, 0.1) is 0 Å². The topological polar surface area (TPSA) is 78.0 Å². The Balaban J connectivity index is 0.00000364. The summed E-state index contributed by atoms with van der Waals surface area (Å²) in [7, 11) is 1.63. The van der Waals surface area contributed by atoms with E-state index in [0.29, 0.717) is 12.1 Å². The van der Waals surface area contributed by atoms with Crippen LogP contribution in [-0.4, -0.2) is 69.8 Å². The van der Waals surface area contributed by atoms with Crippen LogP contribution in [0.25, 0.3) is 0 Å². The Bertz CT molecular complexity index is 574. The number of morpholine rings is 1. The van der Waals surface area contributed by atoms with Crippen LogP contribution >= 0.6 is 24.0 Å². The van der Waals surface area contributed by atoms with Gasteiger partial charge in [-0.1, -0.05) is 12.1 Å². The molecule has 0 spiro atoms. The van der Waals surface area contributed by atoms with Crippen molar-refractivity contribution in [2.45, 2.75) is 19.9 Å². The number of rotatable bonds is 8. The first-order chi connectivity index (χ1) is 12.7. The monoisotopic (exact) mass is 489 g/mol. The quantitative estimate of drug-likeness (QED) is 0.223. The number of benzene rings is 1. The third-order valence-corrected chi connectivity index (χ3v) is 4.25. The van der Waals surface area contributed by atoms with Crippen LogP contribution in [-0.2, 0) is 11.3 Å². The van der Waals surface area contributed by atoms with Gasteiger partial charge in [-0.15, -0.1) is 24.0 Å². The van der Waals surface area contributed by atoms with Crippen molar-refractivity contribution >= 4 is 35.8 Å². The van der Waals surface area contributed by atoms with Gasteiger partial charge in [0.2, 0.25) is 0 Å². The maximum absolute atomic E-state index is 11.6. The standard InChI is InChI=1S/C19H31N5O2.HI/c1-3-21-19(22-9-4-10-24-11-13-26-14-12-24)23-15-16-5-7-17(8-6-16)18(25)20-2;/h5-8H,3-4,9-15H2,1-2H3,(H,20,25)(H2,21,22,23);1H. The zero-order valence-electron chi connectivity index (χ0n) is 16.3. The van der Waals surface area contributed by atoms with E-state index in [1.165, 1.54) is 0 Å². The van der Waals surface area contributed by atoms with Crippen molar-refractivity contribution in [2.24, 2.45) is 4.99 Å². The van der Waals surface area contributed by atoms with E-state index in [2.05, 4.69) is 32.8 Å². The summed E-state index contributed by atoms with van der Waals surface area (Å²) in [6.07, 6.45) is 1.07. The second-order valence-corrected chi connectivity index (χ2v) is 6.21. The molecular weight excluding hydrogens is 457 g/mol. The lowest BCUT2D eigenvalue weighted by Crippen LogP contribution is -2.40. The fourth-order valence-corrected chi connectivity index (χ4v) is 2.75. The Morgan fingerprint density at radius 3 is 2.52 bits per heavy atom. The molecular formula is C19H32IN5O2. The number of halogens is 1. The molecule has 1 aliphatic rings. The highest BCUT2D eigenvalue weighted by Crippen LogP contribution is 2.05. The van der Waals surface area contributed by atoms with Crippen LogP contribution in [0.5, 0.6) is 0 Å². The van der Waals surface area contributed by atoms with E-state index in [1.54, 1.807) is 7.05 Å². The second kappa shape index (κ2) is 13.7. The molecule has 1 aromatic carbocycles. The van der Waals surface area contributed by atoms with Crippen molar-refractivity contribution in [1.29, 1.82) is 0 Å². The maximum Gasteiger partial charge on any atom is 0.251 e. The Morgan fingerprint density at radius 2 is 1.89 bits per heavy atom. The van der Waals surface area contributed by atoms with Gasteiger partial charge in [0, 0.05) is 38.8 Å². The van der Waals surface area contributed by atoms with E-state index in [-0.39, 0.29) is 29.9 Å². The SMILES string of the molecule is CCNC(=NCc1ccc(C(=O)NC)cc1)NCCCN1CCOCC1.I. The molecule has 0 bridgehead atoms. The van der Waals surface area contributed by atoms with Crippen LogP contribution in [0.3, 0.4) is 0 Å². The van der Waals surface area contributed by atoms with Crippen molar-refractivity contribution in [3.05, 3.63) is 35.4 Å². The Kier molecular flexibility index (Phi) is 12.0. The molecule has 1 fully saturated rings. The zero-order chi connectivity index (χ0) is 18.6. The normalized spacial score (nSPS) is 15.0.